The maximum Gasteiger partial charge on any atom is 0.573 e. The number of fused-ring (bicyclic) bond motifs is 1. The Kier molecular flexibility index (Phi) is 5.08. The number of anilines is 2. The summed E-state index contributed by atoms with van der Waals surface area (Å²) < 4.78 is 68.2. The second kappa shape index (κ2) is 7.11. The van der Waals surface area contributed by atoms with Crippen molar-refractivity contribution in [3.05, 3.63) is 53.6 Å². The van der Waals surface area contributed by atoms with Gasteiger partial charge in [0.2, 0.25) is 0 Å². The molecule has 1 aliphatic rings. The molecule has 6 nitrogen and oxygen atoms in total. The topological polar surface area (TPSA) is 75.7 Å². The van der Waals surface area contributed by atoms with Crippen LogP contribution < -0.4 is 14.4 Å². The fourth-order valence-electron chi connectivity index (χ4n) is 2.99. The van der Waals surface area contributed by atoms with Crippen molar-refractivity contribution in [1.82, 2.24) is 0 Å². The van der Waals surface area contributed by atoms with Gasteiger partial charge in [-0.05, 0) is 56.3 Å². The summed E-state index contributed by atoms with van der Waals surface area (Å²) in [6, 6.07) is 8.63. The largest absolute Gasteiger partial charge is 0.573 e. The number of alkyl halides is 3. The normalized spacial score (nSPS) is 14.1. The third-order valence-electron chi connectivity index (χ3n) is 4.27. The van der Waals surface area contributed by atoms with Crippen molar-refractivity contribution >= 4 is 32.9 Å². The number of likely N-dealkylation sites (N-methyl/N-ethyl adjacent to an activating group) is 1. The maximum absolute atomic E-state index is 12.7. The van der Waals surface area contributed by atoms with E-state index in [1.165, 1.54) is 23.1 Å². The average molecular weight is 426 g/mol. The van der Waals surface area contributed by atoms with Crippen molar-refractivity contribution in [2.45, 2.75) is 25.1 Å². The van der Waals surface area contributed by atoms with Crippen molar-refractivity contribution in [3.8, 4) is 5.75 Å². The first-order chi connectivity index (χ1) is 13.4. The van der Waals surface area contributed by atoms with E-state index in [1.807, 2.05) is 0 Å². The van der Waals surface area contributed by atoms with E-state index in [9.17, 15) is 26.4 Å². The molecule has 0 saturated carbocycles. The maximum atomic E-state index is 12.7. The molecule has 29 heavy (non-hydrogen) atoms. The van der Waals surface area contributed by atoms with Crippen molar-refractivity contribution < 1.29 is 31.1 Å². The number of amides is 1. The molecule has 0 aliphatic carbocycles. The van der Waals surface area contributed by atoms with Gasteiger partial charge in [-0.2, -0.15) is 0 Å². The van der Waals surface area contributed by atoms with Gasteiger partial charge in [-0.3, -0.25) is 9.52 Å². The van der Waals surface area contributed by atoms with Crippen LogP contribution in [0.5, 0.6) is 5.75 Å². The van der Waals surface area contributed by atoms with E-state index in [2.05, 4.69) is 9.46 Å². The smallest absolute Gasteiger partial charge is 0.406 e. The number of carbonyl (C=O) groups excluding carboxylic acids is 1. The number of allylic oxidation sites excluding steroid dienone is 1. The molecule has 154 valence electrons. The van der Waals surface area contributed by atoms with E-state index in [4.69, 9.17) is 0 Å². The number of hydrogen-bond donors (Lipinski definition) is 1. The van der Waals surface area contributed by atoms with Gasteiger partial charge in [0.05, 0.1) is 10.6 Å². The van der Waals surface area contributed by atoms with E-state index in [0.717, 1.165) is 29.8 Å². The summed E-state index contributed by atoms with van der Waals surface area (Å²) in [7, 11) is -2.43. The van der Waals surface area contributed by atoms with Gasteiger partial charge in [0.1, 0.15) is 5.75 Å². The highest BCUT2D eigenvalue weighted by molar-refractivity contribution is 7.92. The first-order valence-electron chi connectivity index (χ1n) is 8.37. The Balaban J connectivity index is 1.90. The highest BCUT2D eigenvalue weighted by Crippen LogP contribution is 2.39. The standard InChI is InChI=1S/C19H17F3N2O4S/c1-11(2)17-15-10-14(8-9-16(15)24(3)18(17)25)29(26,27)23-12-4-6-13(7-5-12)28-19(20,21)22/h4-10,23H,1-3H3. The number of sulfonamides is 1. The molecule has 1 N–H and O–H groups in total. The van der Waals surface area contributed by atoms with Crippen LogP contribution in [0, 0.1) is 0 Å². The number of halogens is 3. The van der Waals surface area contributed by atoms with Crippen molar-refractivity contribution in [2.75, 3.05) is 16.7 Å². The second-order valence-electron chi connectivity index (χ2n) is 6.60. The van der Waals surface area contributed by atoms with Crippen LogP contribution in [0.15, 0.2) is 52.9 Å². The minimum absolute atomic E-state index is 0.0654. The molecule has 0 spiro atoms. The minimum Gasteiger partial charge on any atom is -0.406 e. The second-order valence-corrected chi connectivity index (χ2v) is 8.28. The molecule has 2 aromatic rings. The zero-order chi connectivity index (χ0) is 21.6. The molecule has 0 aromatic heterocycles. The number of carbonyl (C=O) groups is 1. The first kappa shape index (κ1) is 20.7. The molecule has 10 heteroatoms. The number of nitrogens with one attached hydrogen (secondary N) is 1. The Morgan fingerprint density at radius 1 is 1.07 bits per heavy atom. The monoisotopic (exact) mass is 426 g/mol. The van der Waals surface area contributed by atoms with Crippen LogP contribution in [0.25, 0.3) is 5.57 Å². The zero-order valence-electron chi connectivity index (χ0n) is 15.7. The summed E-state index contributed by atoms with van der Waals surface area (Å²) in [4.78, 5) is 13.8. The Bertz CT molecular complexity index is 1100. The van der Waals surface area contributed by atoms with Gasteiger partial charge in [-0.15, -0.1) is 13.2 Å². The van der Waals surface area contributed by atoms with Gasteiger partial charge < -0.3 is 9.64 Å². The van der Waals surface area contributed by atoms with Crippen molar-refractivity contribution in [2.24, 2.45) is 0 Å². The third kappa shape index (κ3) is 4.21. The van der Waals surface area contributed by atoms with Crippen LogP contribution in [0.4, 0.5) is 24.5 Å². The number of rotatable bonds is 4. The molecule has 1 amide bonds. The summed E-state index contributed by atoms with van der Waals surface area (Å²) in [6.07, 6.45) is -4.83. The van der Waals surface area contributed by atoms with E-state index in [1.54, 1.807) is 20.9 Å². The predicted molar refractivity (Wildman–Crippen MR) is 102 cm³/mol. The molecule has 0 bridgehead atoms. The summed E-state index contributed by atoms with van der Waals surface area (Å²) in [5, 5.41) is 0. The van der Waals surface area contributed by atoms with Gasteiger partial charge in [0.25, 0.3) is 15.9 Å². The van der Waals surface area contributed by atoms with Crippen LogP contribution in [-0.2, 0) is 14.8 Å². The molecular formula is C19H17F3N2O4S. The molecule has 0 radical (unpaired) electrons. The molecule has 3 rings (SSSR count). The fraction of sp³-hybridized carbons (Fsp3) is 0.211. The summed E-state index contributed by atoms with van der Waals surface area (Å²) in [5.74, 6) is -0.685. The summed E-state index contributed by atoms with van der Waals surface area (Å²) in [5.41, 5.74) is 2.36. The number of hydrogen-bond acceptors (Lipinski definition) is 4. The zero-order valence-corrected chi connectivity index (χ0v) is 16.5. The number of nitrogens with zero attached hydrogens (tertiary/aromatic N) is 1. The molecule has 0 unspecified atom stereocenters. The predicted octanol–water partition coefficient (Wildman–Crippen LogP) is 4.16. The van der Waals surface area contributed by atoms with Gasteiger partial charge in [-0.25, -0.2) is 8.42 Å². The molecule has 1 aliphatic heterocycles. The highest BCUT2D eigenvalue weighted by Gasteiger charge is 2.32. The molecule has 0 saturated heterocycles. The van der Waals surface area contributed by atoms with Crippen LogP contribution in [-0.4, -0.2) is 27.7 Å². The lowest BCUT2D eigenvalue weighted by atomic mass is 10.0. The van der Waals surface area contributed by atoms with Crippen LogP contribution in [0.3, 0.4) is 0 Å². The lowest BCUT2D eigenvalue weighted by molar-refractivity contribution is -0.274. The van der Waals surface area contributed by atoms with Gasteiger partial charge in [0.15, 0.2) is 0 Å². The lowest BCUT2D eigenvalue weighted by Crippen LogP contribution is -2.20. The first-order valence-corrected chi connectivity index (χ1v) is 9.86. The Labute approximate surface area is 165 Å². The highest BCUT2D eigenvalue weighted by atomic mass is 32.2. The van der Waals surface area contributed by atoms with Crippen molar-refractivity contribution in [1.29, 1.82) is 0 Å². The van der Waals surface area contributed by atoms with E-state index >= 15 is 0 Å². The van der Waals surface area contributed by atoms with Crippen LogP contribution in [0.1, 0.15) is 19.4 Å². The lowest BCUT2D eigenvalue weighted by Gasteiger charge is -2.12. The van der Waals surface area contributed by atoms with E-state index in [-0.39, 0.29) is 16.5 Å². The molecule has 2 aromatic carbocycles. The van der Waals surface area contributed by atoms with E-state index in [0.29, 0.717) is 16.8 Å². The Morgan fingerprint density at radius 2 is 1.69 bits per heavy atom. The fourth-order valence-corrected chi connectivity index (χ4v) is 4.07. The van der Waals surface area contributed by atoms with Crippen molar-refractivity contribution in [3.63, 3.8) is 0 Å². The number of benzene rings is 2. The van der Waals surface area contributed by atoms with Crippen LogP contribution >= 0.6 is 0 Å². The molecule has 0 atom stereocenters. The summed E-state index contributed by atoms with van der Waals surface area (Å²) in [6.45, 7) is 3.53. The molecular weight excluding hydrogens is 409 g/mol. The quantitative estimate of drug-likeness (QED) is 0.745. The van der Waals surface area contributed by atoms with Gasteiger partial charge >= 0.3 is 6.36 Å². The minimum atomic E-state index is -4.83. The average Bonchev–Trinajstić information content (AvgIpc) is 2.86. The van der Waals surface area contributed by atoms with Crippen LogP contribution in [0.2, 0.25) is 0 Å². The number of ether oxygens (including phenoxy) is 1. The molecule has 0 fully saturated rings. The third-order valence-corrected chi connectivity index (χ3v) is 5.65. The van der Waals surface area contributed by atoms with E-state index < -0.39 is 22.1 Å². The SMILES string of the molecule is CC(C)=C1C(=O)N(C)c2ccc(S(=O)(=O)Nc3ccc(OC(F)(F)F)cc3)cc21. The molecule has 1 heterocycles. The Hall–Kier alpha value is -3.01. The van der Waals surface area contributed by atoms with Gasteiger partial charge in [-0.1, -0.05) is 5.57 Å². The summed E-state index contributed by atoms with van der Waals surface area (Å²) >= 11 is 0. The Morgan fingerprint density at radius 3 is 2.24 bits per heavy atom. The van der Waals surface area contributed by atoms with Gasteiger partial charge in [0, 0.05) is 23.9 Å².